The molecule has 3 N–H and O–H groups in total. The third kappa shape index (κ3) is 4.36. The maximum Gasteiger partial charge on any atom is 0.327 e. The van der Waals surface area contributed by atoms with E-state index in [9.17, 15) is 9.90 Å². The first-order valence-corrected chi connectivity index (χ1v) is 10.0. The standard InChI is InChI=1S/C23H25N5O2/c29-16-20-22(26-23(30)28(20)14-7-13-27-15-12-24-17-27)25-21(18-8-3-1-4-9-18)19-10-5-2-6-11-19/h1-6,8-12,15,17,21,25,29H,7,13-14,16H2,(H,26,30). The molecule has 2 aromatic carbocycles. The lowest BCUT2D eigenvalue weighted by atomic mass is 9.99. The van der Waals surface area contributed by atoms with E-state index in [0.29, 0.717) is 18.1 Å². The number of benzene rings is 2. The van der Waals surface area contributed by atoms with Gasteiger partial charge in [0, 0.05) is 25.5 Å². The molecule has 0 bridgehead atoms. The Morgan fingerprint density at radius 3 is 2.23 bits per heavy atom. The van der Waals surface area contributed by atoms with Crippen LogP contribution in [0.1, 0.15) is 29.3 Å². The van der Waals surface area contributed by atoms with Crippen LogP contribution in [0.3, 0.4) is 0 Å². The molecule has 0 radical (unpaired) electrons. The van der Waals surface area contributed by atoms with Gasteiger partial charge in [-0.2, -0.15) is 0 Å². The summed E-state index contributed by atoms with van der Waals surface area (Å²) in [6.45, 7) is 1.02. The van der Waals surface area contributed by atoms with Crippen LogP contribution in [0.2, 0.25) is 0 Å². The summed E-state index contributed by atoms with van der Waals surface area (Å²) in [7, 11) is 0. The first kappa shape index (κ1) is 19.7. The fourth-order valence-corrected chi connectivity index (χ4v) is 3.65. The van der Waals surface area contributed by atoms with E-state index in [4.69, 9.17) is 0 Å². The highest BCUT2D eigenvalue weighted by Crippen LogP contribution is 2.27. The fourth-order valence-electron chi connectivity index (χ4n) is 3.65. The predicted octanol–water partition coefficient (Wildman–Crippen LogP) is 3.16. The molecule has 154 valence electrons. The number of hydrogen-bond donors (Lipinski definition) is 3. The molecule has 4 rings (SSSR count). The van der Waals surface area contributed by atoms with Crippen LogP contribution in [-0.4, -0.2) is 24.2 Å². The number of aromatic nitrogens is 4. The second kappa shape index (κ2) is 9.28. The van der Waals surface area contributed by atoms with E-state index in [2.05, 4.69) is 15.3 Å². The van der Waals surface area contributed by atoms with Crippen molar-refractivity contribution in [1.29, 1.82) is 0 Å². The van der Waals surface area contributed by atoms with E-state index >= 15 is 0 Å². The second-order valence-corrected chi connectivity index (χ2v) is 7.11. The highest BCUT2D eigenvalue weighted by molar-refractivity contribution is 5.47. The molecule has 0 fully saturated rings. The van der Waals surface area contributed by atoms with Crippen LogP contribution < -0.4 is 11.0 Å². The number of aryl methyl sites for hydroxylation is 1. The minimum atomic E-state index is -0.234. The molecule has 4 aromatic rings. The Balaban J connectivity index is 1.59. The summed E-state index contributed by atoms with van der Waals surface area (Å²) in [5.41, 5.74) is 2.47. The van der Waals surface area contributed by atoms with Crippen molar-refractivity contribution in [3.8, 4) is 0 Å². The van der Waals surface area contributed by atoms with Gasteiger partial charge < -0.3 is 15.0 Å². The number of anilines is 1. The molecular weight excluding hydrogens is 378 g/mol. The van der Waals surface area contributed by atoms with Crippen LogP contribution in [0, 0.1) is 0 Å². The molecule has 0 atom stereocenters. The zero-order valence-electron chi connectivity index (χ0n) is 16.6. The Labute approximate surface area is 174 Å². The first-order valence-electron chi connectivity index (χ1n) is 10.0. The summed E-state index contributed by atoms with van der Waals surface area (Å²) in [6, 6.07) is 19.9. The zero-order chi connectivity index (χ0) is 20.8. The van der Waals surface area contributed by atoms with Gasteiger partial charge in [0.15, 0.2) is 0 Å². The predicted molar refractivity (Wildman–Crippen MR) is 116 cm³/mol. The summed E-state index contributed by atoms with van der Waals surface area (Å²) in [4.78, 5) is 19.5. The Morgan fingerprint density at radius 2 is 1.67 bits per heavy atom. The number of imidazole rings is 2. The third-order valence-electron chi connectivity index (χ3n) is 5.15. The van der Waals surface area contributed by atoms with Crippen molar-refractivity contribution in [2.24, 2.45) is 0 Å². The Kier molecular flexibility index (Phi) is 6.10. The average molecular weight is 403 g/mol. The number of hydrogen-bond acceptors (Lipinski definition) is 4. The lowest BCUT2D eigenvalue weighted by Crippen LogP contribution is -2.19. The highest BCUT2D eigenvalue weighted by atomic mass is 16.3. The molecule has 0 amide bonds. The number of rotatable bonds is 9. The van der Waals surface area contributed by atoms with Gasteiger partial charge in [-0.1, -0.05) is 60.7 Å². The van der Waals surface area contributed by atoms with Crippen LogP contribution in [0.4, 0.5) is 5.82 Å². The van der Waals surface area contributed by atoms with Crippen LogP contribution in [0.15, 0.2) is 84.2 Å². The minimum absolute atomic E-state index is 0.157. The molecule has 7 heteroatoms. The number of aliphatic hydroxyl groups is 1. The smallest absolute Gasteiger partial charge is 0.327 e. The number of nitrogens with zero attached hydrogens (tertiary/aromatic N) is 3. The Morgan fingerprint density at radius 1 is 1.00 bits per heavy atom. The molecule has 0 aliphatic rings. The normalized spacial score (nSPS) is 11.1. The van der Waals surface area contributed by atoms with E-state index in [0.717, 1.165) is 24.1 Å². The summed E-state index contributed by atoms with van der Waals surface area (Å²) < 4.78 is 3.57. The maximum absolute atomic E-state index is 12.6. The zero-order valence-corrected chi connectivity index (χ0v) is 16.6. The van der Waals surface area contributed by atoms with Gasteiger partial charge in [0.1, 0.15) is 5.82 Å². The van der Waals surface area contributed by atoms with Gasteiger partial charge in [-0.15, -0.1) is 0 Å². The van der Waals surface area contributed by atoms with Gasteiger partial charge in [-0.3, -0.25) is 9.55 Å². The van der Waals surface area contributed by atoms with Crippen molar-refractivity contribution >= 4 is 5.82 Å². The van der Waals surface area contributed by atoms with Crippen molar-refractivity contribution in [3.63, 3.8) is 0 Å². The SMILES string of the molecule is O=c1[nH]c(NC(c2ccccc2)c2ccccc2)c(CO)n1CCCn1ccnc1. The lowest BCUT2D eigenvalue weighted by molar-refractivity contribution is 0.270. The van der Waals surface area contributed by atoms with Gasteiger partial charge in [0.25, 0.3) is 0 Å². The maximum atomic E-state index is 12.6. The van der Waals surface area contributed by atoms with Crippen molar-refractivity contribution < 1.29 is 5.11 Å². The summed E-state index contributed by atoms with van der Waals surface area (Å²) in [5, 5.41) is 13.5. The number of aliphatic hydroxyl groups excluding tert-OH is 1. The Hall–Kier alpha value is -3.58. The van der Waals surface area contributed by atoms with Gasteiger partial charge in [-0.25, -0.2) is 9.78 Å². The van der Waals surface area contributed by atoms with Crippen molar-refractivity contribution in [3.05, 3.63) is 107 Å². The molecule has 2 heterocycles. The molecule has 0 aliphatic carbocycles. The second-order valence-electron chi connectivity index (χ2n) is 7.11. The van der Waals surface area contributed by atoms with Gasteiger partial charge >= 0.3 is 5.69 Å². The number of nitrogens with one attached hydrogen (secondary N) is 2. The van der Waals surface area contributed by atoms with Crippen LogP contribution in [-0.2, 0) is 19.7 Å². The van der Waals surface area contributed by atoms with Gasteiger partial charge in [0.2, 0.25) is 0 Å². The molecule has 0 spiro atoms. The molecule has 0 unspecified atom stereocenters. The van der Waals surface area contributed by atoms with E-state index in [1.165, 1.54) is 0 Å². The van der Waals surface area contributed by atoms with E-state index in [-0.39, 0.29) is 18.3 Å². The summed E-state index contributed by atoms with van der Waals surface area (Å²) >= 11 is 0. The monoisotopic (exact) mass is 403 g/mol. The lowest BCUT2D eigenvalue weighted by Gasteiger charge is -2.21. The van der Waals surface area contributed by atoms with Crippen LogP contribution in [0.25, 0.3) is 0 Å². The molecule has 30 heavy (non-hydrogen) atoms. The molecule has 2 aromatic heterocycles. The first-order chi connectivity index (χ1) is 14.8. The molecule has 0 saturated carbocycles. The van der Waals surface area contributed by atoms with Gasteiger partial charge in [0.05, 0.1) is 24.7 Å². The van der Waals surface area contributed by atoms with Crippen molar-refractivity contribution in [2.45, 2.75) is 32.2 Å². The average Bonchev–Trinajstić information content (AvgIpc) is 3.41. The summed E-state index contributed by atoms with van der Waals surface area (Å²) in [5.74, 6) is 0.544. The molecular formula is C23H25N5O2. The largest absolute Gasteiger partial charge is 0.390 e. The summed E-state index contributed by atoms with van der Waals surface area (Å²) in [6.07, 6.45) is 6.13. The van der Waals surface area contributed by atoms with E-state index in [1.54, 1.807) is 17.1 Å². The quantitative estimate of drug-likeness (QED) is 0.401. The van der Waals surface area contributed by atoms with Crippen LogP contribution in [0.5, 0.6) is 0 Å². The van der Waals surface area contributed by atoms with E-state index < -0.39 is 0 Å². The number of aromatic amines is 1. The highest BCUT2D eigenvalue weighted by Gasteiger charge is 2.19. The molecule has 0 aliphatic heterocycles. The number of H-pyrrole nitrogens is 1. The molecule has 0 saturated heterocycles. The third-order valence-corrected chi connectivity index (χ3v) is 5.15. The minimum Gasteiger partial charge on any atom is -0.390 e. The fraction of sp³-hybridized carbons (Fsp3) is 0.217. The van der Waals surface area contributed by atoms with Crippen LogP contribution >= 0.6 is 0 Å². The molecule has 7 nitrogen and oxygen atoms in total. The Bertz CT molecular complexity index is 1060. The van der Waals surface area contributed by atoms with Crippen molar-refractivity contribution in [2.75, 3.05) is 5.32 Å². The topological polar surface area (TPSA) is 87.9 Å². The van der Waals surface area contributed by atoms with E-state index in [1.807, 2.05) is 71.4 Å². The van der Waals surface area contributed by atoms with Crippen molar-refractivity contribution in [1.82, 2.24) is 19.1 Å². The van der Waals surface area contributed by atoms with Gasteiger partial charge in [-0.05, 0) is 17.5 Å².